The summed E-state index contributed by atoms with van der Waals surface area (Å²) in [7, 11) is 0. The van der Waals surface area contributed by atoms with Crippen LogP contribution in [0.5, 0.6) is 0 Å². The third kappa shape index (κ3) is 6.08. The summed E-state index contributed by atoms with van der Waals surface area (Å²) in [5.41, 5.74) is 3.54. The maximum atomic E-state index is 12.9. The van der Waals surface area contributed by atoms with Gasteiger partial charge in [-0.3, -0.25) is 14.6 Å². The van der Waals surface area contributed by atoms with Gasteiger partial charge in [0, 0.05) is 38.4 Å². The van der Waals surface area contributed by atoms with Gasteiger partial charge >= 0.3 is 12.1 Å². The van der Waals surface area contributed by atoms with Gasteiger partial charge in [0.1, 0.15) is 0 Å². The van der Waals surface area contributed by atoms with Crippen molar-refractivity contribution in [2.45, 2.75) is 52.0 Å². The minimum absolute atomic E-state index is 0.000881. The van der Waals surface area contributed by atoms with E-state index in [1.54, 1.807) is 12.4 Å². The van der Waals surface area contributed by atoms with Crippen LogP contribution < -0.4 is 0 Å². The number of aliphatic carboxylic acids is 1. The van der Waals surface area contributed by atoms with Crippen LogP contribution >= 0.6 is 0 Å². The molecule has 0 aromatic carbocycles. The first-order valence-electron chi connectivity index (χ1n) is 10.4. The highest BCUT2D eigenvalue weighted by Crippen LogP contribution is 2.21. The van der Waals surface area contributed by atoms with E-state index in [0.29, 0.717) is 31.6 Å². The standard InChI is InChI=1S/C19H23N5O2.C2HF3O2/c1-14-8-15(10-20-9-14)19(26)23-6-3-7-24-13-21-16(17(24)12-23)11-22-5-2-4-18(22)25;3-2(4,5)1(6)7/h8-10,13H,2-7,11-12H2,1H3;(H,6,7). The Hall–Kier alpha value is -3.44. The third-order valence-electron chi connectivity index (χ3n) is 5.36. The lowest BCUT2D eigenvalue weighted by Crippen LogP contribution is -2.32. The van der Waals surface area contributed by atoms with Crippen molar-refractivity contribution in [3.8, 4) is 0 Å². The Morgan fingerprint density at radius 1 is 1.15 bits per heavy atom. The molecular formula is C21H24F3N5O4. The predicted octanol–water partition coefficient (Wildman–Crippen LogP) is 2.39. The summed E-state index contributed by atoms with van der Waals surface area (Å²) in [5, 5.41) is 7.12. The Labute approximate surface area is 187 Å². The summed E-state index contributed by atoms with van der Waals surface area (Å²) in [6.45, 7) is 5.33. The molecule has 2 aromatic rings. The molecule has 0 aliphatic carbocycles. The maximum Gasteiger partial charge on any atom is 0.490 e. The number of rotatable bonds is 3. The van der Waals surface area contributed by atoms with Gasteiger partial charge in [0.25, 0.3) is 5.91 Å². The minimum Gasteiger partial charge on any atom is -0.475 e. The van der Waals surface area contributed by atoms with Crippen molar-refractivity contribution in [3.05, 3.63) is 47.3 Å². The highest BCUT2D eigenvalue weighted by atomic mass is 19.4. The Balaban J connectivity index is 0.000000383. The zero-order valence-electron chi connectivity index (χ0n) is 18.0. The molecule has 2 amide bonds. The van der Waals surface area contributed by atoms with Crippen molar-refractivity contribution in [1.29, 1.82) is 0 Å². The fraction of sp³-hybridized carbons (Fsp3) is 0.476. The smallest absolute Gasteiger partial charge is 0.475 e. The molecule has 2 aromatic heterocycles. The van der Waals surface area contributed by atoms with E-state index in [2.05, 4.69) is 14.5 Å². The molecule has 1 N–H and O–H groups in total. The molecule has 33 heavy (non-hydrogen) atoms. The van der Waals surface area contributed by atoms with Gasteiger partial charge in [0.15, 0.2) is 0 Å². The second kappa shape index (κ2) is 10.0. The molecule has 2 aliphatic rings. The topological polar surface area (TPSA) is 109 Å². The molecule has 0 bridgehead atoms. The van der Waals surface area contributed by atoms with Crippen LogP contribution in [-0.4, -0.2) is 66.5 Å². The number of carbonyl (C=O) groups excluding carboxylic acids is 2. The van der Waals surface area contributed by atoms with Crippen LogP contribution in [0.2, 0.25) is 0 Å². The van der Waals surface area contributed by atoms with E-state index in [0.717, 1.165) is 42.9 Å². The number of aromatic nitrogens is 3. The Kier molecular flexibility index (Phi) is 7.34. The number of hydrogen-bond donors (Lipinski definition) is 1. The summed E-state index contributed by atoms with van der Waals surface area (Å²) in [4.78, 5) is 46.2. The van der Waals surface area contributed by atoms with Crippen molar-refractivity contribution in [2.24, 2.45) is 0 Å². The quantitative estimate of drug-likeness (QED) is 0.743. The van der Waals surface area contributed by atoms with E-state index in [9.17, 15) is 22.8 Å². The van der Waals surface area contributed by atoms with Gasteiger partial charge in [0.2, 0.25) is 5.91 Å². The van der Waals surface area contributed by atoms with Gasteiger partial charge in [-0.2, -0.15) is 13.2 Å². The van der Waals surface area contributed by atoms with E-state index < -0.39 is 12.1 Å². The number of carbonyl (C=O) groups is 3. The van der Waals surface area contributed by atoms with Crippen molar-refractivity contribution in [1.82, 2.24) is 24.3 Å². The highest BCUT2D eigenvalue weighted by molar-refractivity contribution is 5.94. The highest BCUT2D eigenvalue weighted by Gasteiger charge is 2.38. The molecule has 0 unspecified atom stereocenters. The van der Waals surface area contributed by atoms with Crippen LogP contribution in [0.4, 0.5) is 13.2 Å². The molecule has 0 spiro atoms. The molecule has 12 heteroatoms. The number of carboxylic acids is 1. The van der Waals surface area contributed by atoms with Crippen LogP contribution in [0, 0.1) is 6.92 Å². The molecule has 2 aliphatic heterocycles. The monoisotopic (exact) mass is 467 g/mol. The zero-order valence-corrected chi connectivity index (χ0v) is 18.0. The van der Waals surface area contributed by atoms with Gasteiger partial charge < -0.3 is 19.5 Å². The lowest BCUT2D eigenvalue weighted by molar-refractivity contribution is -0.192. The van der Waals surface area contributed by atoms with E-state index in [1.165, 1.54) is 0 Å². The molecule has 4 heterocycles. The number of amides is 2. The fourth-order valence-corrected chi connectivity index (χ4v) is 3.73. The van der Waals surface area contributed by atoms with E-state index >= 15 is 0 Å². The molecule has 178 valence electrons. The van der Waals surface area contributed by atoms with Crippen LogP contribution in [0.1, 0.15) is 46.6 Å². The number of alkyl halides is 3. The largest absolute Gasteiger partial charge is 0.490 e. The minimum atomic E-state index is -5.08. The Morgan fingerprint density at radius 3 is 2.48 bits per heavy atom. The summed E-state index contributed by atoms with van der Waals surface area (Å²) < 4.78 is 33.9. The van der Waals surface area contributed by atoms with Crippen LogP contribution in [0.3, 0.4) is 0 Å². The van der Waals surface area contributed by atoms with Gasteiger partial charge in [-0.25, -0.2) is 9.78 Å². The number of hydrogen-bond acceptors (Lipinski definition) is 5. The molecule has 0 radical (unpaired) electrons. The van der Waals surface area contributed by atoms with E-state index in [1.807, 2.05) is 29.1 Å². The summed E-state index contributed by atoms with van der Waals surface area (Å²) >= 11 is 0. The molecule has 4 rings (SSSR count). The molecule has 0 saturated carbocycles. The average molecular weight is 467 g/mol. The van der Waals surface area contributed by atoms with Gasteiger partial charge in [-0.05, 0) is 31.4 Å². The summed E-state index contributed by atoms with van der Waals surface area (Å²) in [5.74, 6) is -2.56. The normalized spacial score (nSPS) is 16.1. The first-order chi connectivity index (χ1) is 15.6. The van der Waals surface area contributed by atoms with Gasteiger partial charge in [-0.15, -0.1) is 0 Å². The molecular weight excluding hydrogens is 443 g/mol. The number of carboxylic acid groups (broad SMARTS) is 1. The average Bonchev–Trinajstić information content (AvgIpc) is 3.25. The van der Waals surface area contributed by atoms with Crippen molar-refractivity contribution < 1.29 is 32.7 Å². The van der Waals surface area contributed by atoms with Crippen LogP contribution in [-0.2, 0) is 29.2 Å². The van der Waals surface area contributed by atoms with Crippen molar-refractivity contribution in [3.63, 3.8) is 0 Å². The second-order valence-corrected chi connectivity index (χ2v) is 7.88. The number of pyridine rings is 1. The number of nitrogens with zero attached hydrogens (tertiary/aromatic N) is 5. The number of aryl methyl sites for hydroxylation is 2. The van der Waals surface area contributed by atoms with Crippen LogP contribution in [0.25, 0.3) is 0 Å². The predicted molar refractivity (Wildman–Crippen MR) is 109 cm³/mol. The lowest BCUT2D eigenvalue weighted by Gasteiger charge is -2.21. The fourth-order valence-electron chi connectivity index (χ4n) is 3.73. The number of halogens is 3. The SMILES string of the molecule is Cc1cncc(C(=O)N2CCCn3cnc(CN4CCCC4=O)c3C2)c1.O=C(O)C(F)(F)F. The number of imidazole rings is 1. The summed E-state index contributed by atoms with van der Waals surface area (Å²) in [6, 6.07) is 1.88. The first-order valence-corrected chi connectivity index (χ1v) is 10.4. The first kappa shape index (κ1) is 24.2. The molecule has 1 fully saturated rings. The maximum absolute atomic E-state index is 12.9. The number of fused-ring (bicyclic) bond motifs is 1. The lowest BCUT2D eigenvalue weighted by atomic mass is 10.2. The zero-order chi connectivity index (χ0) is 24.2. The molecule has 9 nitrogen and oxygen atoms in total. The summed E-state index contributed by atoms with van der Waals surface area (Å²) in [6.07, 6.45) is 2.56. The van der Waals surface area contributed by atoms with Crippen molar-refractivity contribution in [2.75, 3.05) is 13.1 Å². The third-order valence-corrected chi connectivity index (χ3v) is 5.36. The molecule has 0 atom stereocenters. The number of likely N-dealkylation sites (tertiary alicyclic amines) is 1. The van der Waals surface area contributed by atoms with Gasteiger partial charge in [-0.1, -0.05) is 0 Å². The van der Waals surface area contributed by atoms with E-state index in [4.69, 9.17) is 9.90 Å². The van der Waals surface area contributed by atoms with E-state index in [-0.39, 0.29) is 11.8 Å². The molecule has 1 saturated heterocycles. The van der Waals surface area contributed by atoms with Gasteiger partial charge in [0.05, 0.1) is 36.4 Å². The van der Waals surface area contributed by atoms with Crippen molar-refractivity contribution >= 4 is 17.8 Å². The Bertz CT molecular complexity index is 1040. The Morgan fingerprint density at radius 2 is 1.88 bits per heavy atom. The van der Waals surface area contributed by atoms with Crippen LogP contribution in [0.15, 0.2) is 24.8 Å². The second-order valence-electron chi connectivity index (χ2n) is 7.88.